The fourth-order valence-electron chi connectivity index (χ4n) is 3.33. The monoisotopic (exact) mass is 458 g/mol. The van der Waals surface area contributed by atoms with Gasteiger partial charge in [0, 0.05) is 13.1 Å². The number of halogens is 1. The van der Waals surface area contributed by atoms with Crippen LogP contribution in [-0.2, 0) is 27.9 Å². The second-order valence-electron chi connectivity index (χ2n) is 7.54. The third-order valence-corrected chi connectivity index (χ3v) is 6.81. The number of furan rings is 1. The van der Waals surface area contributed by atoms with Crippen LogP contribution in [0.15, 0.2) is 76.0 Å². The van der Waals surface area contributed by atoms with Crippen LogP contribution in [0.3, 0.4) is 0 Å². The van der Waals surface area contributed by atoms with Crippen LogP contribution in [0.25, 0.3) is 0 Å². The van der Waals surface area contributed by atoms with E-state index in [9.17, 15) is 17.6 Å². The number of hydrogen-bond donors (Lipinski definition) is 0. The smallest absolute Gasteiger partial charge is 0.243 e. The van der Waals surface area contributed by atoms with E-state index in [1.807, 2.05) is 50.2 Å². The molecule has 0 aliphatic carbocycles. The molecular formula is C24H27FN2O4S. The molecule has 3 aromatic rings. The predicted molar refractivity (Wildman–Crippen MR) is 120 cm³/mol. The van der Waals surface area contributed by atoms with Crippen LogP contribution in [0.2, 0.25) is 0 Å². The maximum absolute atomic E-state index is 13.3. The number of amides is 1. The number of nitrogens with zero attached hydrogens (tertiary/aromatic N) is 2. The van der Waals surface area contributed by atoms with Crippen molar-refractivity contribution in [1.29, 1.82) is 0 Å². The summed E-state index contributed by atoms with van der Waals surface area (Å²) < 4.78 is 46.3. The summed E-state index contributed by atoms with van der Waals surface area (Å²) in [5, 5.41) is 0. The van der Waals surface area contributed by atoms with Crippen molar-refractivity contribution in [2.24, 2.45) is 0 Å². The lowest BCUT2D eigenvalue weighted by Gasteiger charge is -2.27. The minimum absolute atomic E-state index is 0.0450. The molecule has 0 aliphatic rings. The van der Waals surface area contributed by atoms with Gasteiger partial charge in [-0.05, 0) is 55.3 Å². The van der Waals surface area contributed by atoms with E-state index in [0.717, 1.165) is 27.8 Å². The Bertz CT molecular complexity index is 1130. The van der Waals surface area contributed by atoms with Crippen LogP contribution in [0.1, 0.15) is 30.4 Å². The molecule has 2 aromatic carbocycles. The van der Waals surface area contributed by atoms with E-state index < -0.39 is 15.8 Å². The summed E-state index contributed by atoms with van der Waals surface area (Å²) in [5.74, 6) is 0.487. The summed E-state index contributed by atoms with van der Waals surface area (Å²) in [7, 11) is -3.95. The molecule has 170 valence electrons. The van der Waals surface area contributed by atoms with E-state index in [1.165, 1.54) is 12.1 Å². The number of hydrogen-bond acceptors (Lipinski definition) is 4. The minimum atomic E-state index is -3.95. The van der Waals surface area contributed by atoms with E-state index >= 15 is 0 Å². The molecule has 32 heavy (non-hydrogen) atoms. The molecule has 6 nitrogen and oxygen atoms in total. The SMILES string of the molecule is CCCN(CC(=O)N(Cc1ccccc1)Cc1ccc(C)o1)S(=O)(=O)c1ccc(F)cc1. The highest BCUT2D eigenvalue weighted by Gasteiger charge is 2.28. The van der Waals surface area contributed by atoms with Crippen molar-refractivity contribution in [2.75, 3.05) is 13.1 Å². The van der Waals surface area contributed by atoms with Gasteiger partial charge in [0.05, 0.1) is 18.0 Å². The van der Waals surface area contributed by atoms with E-state index in [2.05, 4.69) is 0 Å². The van der Waals surface area contributed by atoms with Gasteiger partial charge in [-0.15, -0.1) is 0 Å². The molecule has 1 aromatic heterocycles. The zero-order valence-electron chi connectivity index (χ0n) is 18.2. The largest absolute Gasteiger partial charge is 0.464 e. The molecule has 3 rings (SSSR count). The zero-order chi connectivity index (χ0) is 23.1. The molecule has 0 saturated heterocycles. The first-order valence-corrected chi connectivity index (χ1v) is 11.9. The second-order valence-corrected chi connectivity index (χ2v) is 9.48. The Balaban J connectivity index is 1.84. The van der Waals surface area contributed by atoms with Gasteiger partial charge in [-0.1, -0.05) is 37.3 Å². The third kappa shape index (κ3) is 6.05. The standard InChI is InChI=1S/C24H27FN2O4S/c1-3-15-27(32(29,30)23-13-10-21(25)11-14-23)18-24(28)26(16-20-7-5-4-6-8-20)17-22-12-9-19(2)31-22/h4-14H,3,15-18H2,1-2H3. The first-order valence-electron chi connectivity index (χ1n) is 10.4. The molecule has 0 atom stereocenters. The molecule has 0 N–H and O–H groups in total. The first-order chi connectivity index (χ1) is 15.3. The Morgan fingerprint density at radius 1 is 0.969 bits per heavy atom. The number of rotatable bonds is 10. The van der Waals surface area contributed by atoms with Gasteiger partial charge in [-0.3, -0.25) is 4.79 Å². The molecule has 8 heteroatoms. The van der Waals surface area contributed by atoms with Crippen LogP contribution < -0.4 is 0 Å². The topological polar surface area (TPSA) is 70.8 Å². The van der Waals surface area contributed by atoms with Crippen molar-refractivity contribution in [3.8, 4) is 0 Å². The highest BCUT2D eigenvalue weighted by atomic mass is 32.2. The molecule has 1 heterocycles. The molecule has 0 saturated carbocycles. The number of carbonyl (C=O) groups is 1. The zero-order valence-corrected chi connectivity index (χ0v) is 19.0. The summed E-state index contributed by atoms with van der Waals surface area (Å²) in [5.41, 5.74) is 0.924. The Hall–Kier alpha value is -2.97. The van der Waals surface area contributed by atoms with E-state index in [4.69, 9.17) is 4.42 Å². The normalized spacial score (nSPS) is 11.6. The highest BCUT2D eigenvalue weighted by molar-refractivity contribution is 7.89. The maximum atomic E-state index is 13.3. The van der Waals surface area contributed by atoms with Gasteiger partial charge >= 0.3 is 0 Å². The molecular weight excluding hydrogens is 431 g/mol. The van der Waals surface area contributed by atoms with Gasteiger partial charge in [0.25, 0.3) is 0 Å². The van der Waals surface area contributed by atoms with E-state index in [1.54, 1.807) is 11.0 Å². The van der Waals surface area contributed by atoms with Crippen LogP contribution in [0, 0.1) is 12.7 Å². The van der Waals surface area contributed by atoms with Crippen molar-refractivity contribution < 1.29 is 22.0 Å². The maximum Gasteiger partial charge on any atom is 0.243 e. The summed E-state index contributed by atoms with van der Waals surface area (Å²) in [4.78, 5) is 14.8. The number of carbonyl (C=O) groups excluding carboxylic acids is 1. The van der Waals surface area contributed by atoms with E-state index in [-0.39, 0.29) is 30.4 Å². The number of sulfonamides is 1. The number of benzene rings is 2. The van der Waals surface area contributed by atoms with E-state index in [0.29, 0.717) is 18.7 Å². The van der Waals surface area contributed by atoms with Gasteiger partial charge in [-0.2, -0.15) is 4.31 Å². The van der Waals surface area contributed by atoms with Crippen LogP contribution in [0.4, 0.5) is 4.39 Å². The molecule has 0 aliphatic heterocycles. The molecule has 0 bridgehead atoms. The average molecular weight is 459 g/mol. The van der Waals surface area contributed by atoms with Crippen LogP contribution >= 0.6 is 0 Å². The Kier molecular flexibility index (Phi) is 7.82. The van der Waals surface area contributed by atoms with Gasteiger partial charge in [0.2, 0.25) is 15.9 Å². The van der Waals surface area contributed by atoms with Crippen molar-refractivity contribution in [3.05, 3.63) is 89.6 Å². The van der Waals surface area contributed by atoms with Gasteiger partial charge < -0.3 is 9.32 Å². The second kappa shape index (κ2) is 10.6. The quantitative estimate of drug-likeness (QED) is 0.453. The van der Waals surface area contributed by atoms with Gasteiger partial charge in [0.1, 0.15) is 17.3 Å². The lowest BCUT2D eigenvalue weighted by molar-refractivity contribution is -0.133. The lowest BCUT2D eigenvalue weighted by atomic mass is 10.2. The third-order valence-electron chi connectivity index (χ3n) is 4.95. The fourth-order valence-corrected chi connectivity index (χ4v) is 4.82. The van der Waals surface area contributed by atoms with Crippen molar-refractivity contribution in [2.45, 2.75) is 38.3 Å². The average Bonchev–Trinajstić information content (AvgIpc) is 3.18. The lowest BCUT2D eigenvalue weighted by Crippen LogP contribution is -2.42. The fraction of sp³-hybridized carbons (Fsp3) is 0.292. The predicted octanol–water partition coefficient (Wildman–Crippen LogP) is 4.36. The summed E-state index contributed by atoms with van der Waals surface area (Å²) in [6, 6.07) is 17.7. The van der Waals surface area contributed by atoms with Gasteiger partial charge in [-0.25, -0.2) is 12.8 Å². The Morgan fingerprint density at radius 2 is 1.66 bits per heavy atom. The molecule has 0 radical (unpaired) electrons. The van der Waals surface area contributed by atoms with Crippen molar-refractivity contribution in [1.82, 2.24) is 9.21 Å². The van der Waals surface area contributed by atoms with Crippen molar-refractivity contribution in [3.63, 3.8) is 0 Å². The summed E-state index contributed by atoms with van der Waals surface area (Å²) in [6.45, 7) is 4.05. The van der Waals surface area contributed by atoms with Crippen LogP contribution in [-0.4, -0.2) is 36.6 Å². The summed E-state index contributed by atoms with van der Waals surface area (Å²) in [6.07, 6.45) is 0.532. The minimum Gasteiger partial charge on any atom is -0.464 e. The molecule has 0 fully saturated rings. The first kappa shape index (κ1) is 23.7. The van der Waals surface area contributed by atoms with Gasteiger partial charge in [0.15, 0.2) is 0 Å². The Labute approximate surface area is 188 Å². The summed E-state index contributed by atoms with van der Waals surface area (Å²) >= 11 is 0. The molecule has 0 spiro atoms. The van der Waals surface area contributed by atoms with Crippen molar-refractivity contribution >= 4 is 15.9 Å². The Morgan fingerprint density at radius 3 is 2.25 bits per heavy atom. The number of aryl methyl sites for hydroxylation is 1. The highest BCUT2D eigenvalue weighted by Crippen LogP contribution is 2.19. The molecule has 1 amide bonds. The molecule has 0 unspecified atom stereocenters. The van der Waals surface area contributed by atoms with Crippen LogP contribution in [0.5, 0.6) is 0 Å².